The Kier molecular flexibility index (Phi) is 6.14. The van der Waals surface area contributed by atoms with Crippen molar-refractivity contribution in [1.29, 1.82) is 0 Å². The van der Waals surface area contributed by atoms with Gasteiger partial charge in [0.2, 0.25) is 0 Å². The van der Waals surface area contributed by atoms with Gasteiger partial charge in [-0.05, 0) is 42.0 Å². The van der Waals surface area contributed by atoms with Crippen LogP contribution in [0.4, 0.5) is 0 Å². The first kappa shape index (κ1) is 17.6. The van der Waals surface area contributed by atoms with Crippen LogP contribution in [0.25, 0.3) is 0 Å². The summed E-state index contributed by atoms with van der Waals surface area (Å²) in [7, 11) is 0. The van der Waals surface area contributed by atoms with Gasteiger partial charge in [-0.15, -0.1) is 11.8 Å². The van der Waals surface area contributed by atoms with Crippen molar-refractivity contribution in [2.45, 2.75) is 18.1 Å². The zero-order valence-corrected chi connectivity index (χ0v) is 15.0. The third-order valence-corrected chi connectivity index (χ3v) is 4.70. The molecule has 0 unspecified atom stereocenters. The Balaban J connectivity index is 1.47. The molecule has 0 bridgehead atoms. The first-order valence-electron chi connectivity index (χ1n) is 7.80. The van der Waals surface area contributed by atoms with Crippen LogP contribution in [0.3, 0.4) is 0 Å². The van der Waals surface area contributed by atoms with E-state index in [4.69, 9.17) is 16.0 Å². The first-order valence-corrected chi connectivity index (χ1v) is 9.33. The predicted octanol–water partition coefficient (Wildman–Crippen LogP) is 4.69. The van der Waals surface area contributed by atoms with E-state index in [2.05, 4.69) is 10.3 Å². The van der Waals surface area contributed by atoms with Crippen molar-refractivity contribution in [2.24, 2.45) is 0 Å². The van der Waals surface area contributed by atoms with Crippen LogP contribution < -0.4 is 5.32 Å². The number of nitrogens with one attached hydrogen (secondary N) is 1. The number of hydrogen-bond acceptors (Lipinski definition) is 4. The molecule has 1 amide bonds. The average Bonchev–Trinajstić information content (AvgIpc) is 3.10. The minimum absolute atomic E-state index is 0.239. The Morgan fingerprint density at radius 1 is 1.12 bits per heavy atom. The van der Waals surface area contributed by atoms with Gasteiger partial charge in [0.15, 0.2) is 5.76 Å². The van der Waals surface area contributed by atoms with Gasteiger partial charge in [0.05, 0.1) is 18.0 Å². The second-order valence-electron chi connectivity index (χ2n) is 5.39. The molecule has 0 aliphatic heterocycles. The van der Waals surface area contributed by atoms with E-state index in [1.54, 1.807) is 24.0 Å². The molecule has 0 spiro atoms. The molecular formula is C19H17ClN2O2S. The predicted molar refractivity (Wildman–Crippen MR) is 101 cm³/mol. The summed E-state index contributed by atoms with van der Waals surface area (Å²) in [6.45, 7) is 0.374. The van der Waals surface area contributed by atoms with Gasteiger partial charge in [-0.25, -0.2) is 0 Å². The van der Waals surface area contributed by atoms with Crippen molar-refractivity contribution in [3.05, 3.63) is 88.6 Å². The summed E-state index contributed by atoms with van der Waals surface area (Å²) in [5, 5.41) is 3.54. The van der Waals surface area contributed by atoms with Crippen molar-refractivity contribution in [1.82, 2.24) is 10.3 Å². The molecule has 0 fully saturated rings. The summed E-state index contributed by atoms with van der Waals surface area (Å²) in [5.74, 6) is 2.38. The summed E-state index contributed by atoms with van der Waals surface area (Å²) in [4.78, 5) is 16.3. The van der Waals surface area contributed by atoms with Gasteiger partial charge >= 0.3 is 0 Å². The highest BCUT2D eigenvalue weighted by Crippen LogP contribution is 2.21. The van der Waals surface area contributed by atoms with Crippen molar-refractivity contribution in [2.75, 3.05) is 0 Å². The lowest BCUT2D eigenvalue weighted by molar-refractivity contribution is 0.0921. The van der Waals surface area contributed by atoms with Gasteiger partial charge in [-0.2, -0.15) is 0 Å². The third kappa shape index (κ3) is 5.37. The summed E-state index contributed by atoms with van der Waals surface area (Å²) < 4.78 is 5.62. The van der Waals surface area contributed by atoms with Crippen LogP contribution >= 0.6 is 23.4 Å². The zero-order valence-electron chi connectivity index (χ0n) is 13.4. The molecule has 0 saturated carbocycles. The number of pyridine rings is 1. The van der Waals surface area contributed by atoms with E-state index in [-0.39, 0.29) is 5.91 Å². The monoisotopic (exact) mass is 372 g/mol. The minimum atomic E-state index is -0.239. The topological polar surface area (TPSA) is 55.1 Å². The molecular weight excluding hydrogens is 356 g/mol. The number of halogens is 1. The molecule has 0 atom stereocenters. The van der Waals surface area contributed by atoms with E-state index >= 15 is 0 Å². The number of nitrogens with zero attached hydrogens (tertiary/aromatic N) is 1. The maximum absolute atomic E-state index is 12.1. The second kappa shape index (κ2) is 8.74. The highest BCUT2D eigenvalue weighted by Gasteiger charge is 2.11. The number of thioether (sulfide) groups is 1. The Morgan fingerprint density at radius 2 is 2.04 bits per heavy atom. The highest BCUT2D eigenvalue weighted by molar-refractivity contribution is 7.97. The SMILES string of the molecule is O=C(NCc1ccccn1)c1ccc(CSCc2cccc(Cl)c2)o1. The molecule has 1 aromatic carbocycles. The fourth-order valence-corrected chi connectivity index (χ4v) is 3.32. The van der Waals surface area contributed by atoms with Gasteiger partial charge < -0.3 is 9.73 Å². The number of carbonyl (C=O) groups excluding carboxylic acids is 1. The first-order chi connectivity index (χ1) is 12.2. The number of aromatic nitrogens is 1. The molecule has 0 aliphatic carbocycles. The normalized spacial score (nSPS) is 10.6. The van der Waals surface area contributed by atoms with Crippen LogP contribution in [0.1, 0.15) is 27.6 Å². The molecule has 2 aromatic heterocycles. The third-order valence-electron chi connectivity index (χ3n) is 3.44. The van der Waals surface area contributed by atoms with Gasteiger partial charge in [0.1, 0.15) is 5.76 Å². The lowest BCUT2D eigenvalue weighted by atomic mass is 10.2. The second-order valence-corrected chi connectivity index (χ2v) is 6.81. The smallest absolute Gasteiger partial charge is 0.287 e. The standard InChI is InChI=1S/C19H17ClN2O2S/c20-15-5-3-4-14(10-15)12-25-13-17-7-8-18(24-17)19(23)22-11-16-6-1-2-9-21-16/h1-10H,11-13H2,(H,22,23). The Bertz CT molecular complexity index is 836. The molecule has 0 radical (unpaired) electrons. The van der Waals surface area contributed by atoms with Crippen LogP contribution in [-0.2, 0) is 18.1 Å². The van der Waals surface area contributed by atoms with Crippen LogP contribution in [-0.4, -0.2) is 10.9 Å². The van der Waals surface area contributed by atoms with E-state index in [9.17, 15) is 4.79 Å². The number of amides is 1. The fourth-order valence-electron chi connectivity index (χ4n) is 2.23. The molecule has 3 aromatic rings. The Labute approximate surface area is 155 Å². The van der Waals surface area contributed by atoms with Crippen molar-refractivity contribution < 1.29 is 9.21 Å². The van der Waals surface area contributed by atoms with Gasteiger partial charge in [0, 0.05) is 17.0 Å². The largest absolute Gasteiger partial charge is 0.455 e. The Morgan fingerprint density at radius 3 is 2.84 bits per heavy atom. The molecule has 0 aliphatic rings. The zero-order chi connectivity index (χ0) is 17.5. The fraction of sp³-hybridized carbons (Fsp3) is 0.158. The lowest BCUT2D eigenvalue weighted by Crippen LogP contribution is -2.22. The van der Waals surface area contributed by atoms with E-state index < -0.39 is 0 Å². The van der Waals surface area contributed by atoms with Crippen molar-refractivity contribution >= 4 is 29.3 Å². The summed E-state index contributed by atoms with van der Waals surface area (Å²) >= 11 is 7.69. The van der Waals surface area contributed by atoms with Gasteiger partial charge in [-0.1, -0.05) is 29.8 Å². The van der Waals surface area contributed by atoms with E-state index in [0.717, 1.165) is 27.8 Å². The molecule has 6 heteroatoms. The van der Waals surface area contributed by atoms with Crippen LogP contribution in [0, 0.1) is 0 Å². The van der Waals surface area contributed by atoms with Crippen LogP contribution in [0.5, 0.6) is 0 Å². The van der Waals surface area contributed by atoms with Crippen LogP contribution in [0.15, 0.2) is 65.2 Å². The average molecular weight is 373 g/mol. The quantitative estimate of drug-likeness (QED) is 0.653. The molecule has 25 heavy (non-hydrogen) atoms. The molecule has 128 valence electrons. The summed E-state index contributed by atoms with van der Waals surface area (Å²) in [6, 6.07) is 16.9. The minimum Gasteiger partial charge on any atom is -0.455 e. The molecule has 4 nitrogen and oxygen atoms in total. The molecule has 3 rings (SSSR count). The highest BCUT2D eigenvalue weighted by atomic mass is 35.5. The maximum Gasteiger partial charge on any atom is 0.287 e. The van der Waals surface area contributed by atoms with Crippen molar-refractivity contribution in [3.8, 4) is 0 Å². The number of furan rings is 1. The van der Waals surface area contributed by atoms with E-state index in [1.165, 1.54) is 0 Å². The molecule has 2 heterocycles. The van der Waals surface area contributed by atoms with Gasteiger partial charge in [-0.3, -0.25) is 9.78 Å². The van der Waals surface area contributed by atoms with Crippen molar-refractivity contribution in [3.63, 3.8) is 0 Å². The Hall–Kier alpha value is -2.24. The molecule has 1 N–H and O–H groups in total. The maximum atomic E-state index is 12.1. The summed E-state index contributed by atoms with van der Waals surface area (Å²) in [5.41, 5.74) is 1.97. The number of rotatable bonds is 7. The lowest BCUT2D eigenvalue weighted by Gasteiger charge is -2.03. The summed E-state index contributed by atoms with van der Waals surface area (Å²) in [6.07, 6.45) is 1.70. The van der Waals surface area contributed by atoms with E-state index in [1.807, 2.05) is 48.5 Å². The van der Waals surface area contributed by atoms with Gasteiger partial charge in [0.25, 0.3) is 5.91 Å². The van der Waals surface area contributed by atoms with Crippen LogP contribution in [0.2, 0.25) is 5.02 Å². The molecule has 0 saturated heterocycles. The number of benzene rings is 1. The number of hydrogen-bond donors (Lipinski definition) is 1. The number of carbonyl (C=O) groups is 1. The van der Waals surface area contributed by atoms with E-state index in [0.29, 0.717) is 18.1 Å².